The average Bonchev–Trinajstić information content (AvgIpc) is 3.45. The summed E-state index contributed by atoms with van der Waals surface area (Å²) in [6.45, 7) is 0. The molecule has 2 aromatic heterocycles. The molecule has 3 aromatic carbocycles. The lowest BCUT2D eigenvalue weighted by Gasteiger charge is -2.02. The third-order valence-electron chi connectivity index (χ3n) is 4.53. The smallest absolute Gasteiger partial charge is 0.187 e. The molecule has 0 amide bonds. The summed E-state index contributed by atoms with van der Waals surface area (Å²) in [4.78, 5) is 9.43. The molecule has 0 atom stereocenters. The van der Waals surface area contributed by atoms with Gasteiger partial charge in [0, 0.05) is 33.3 Å². The summed E-state index contributed by atoms with van der Waals surface area (Å²) in [7, 11) is 0. The lowest BCUT2D eigenvalue weighted by molar-refractivity contribution is 1.37. The number of benzene rings is 3. The summed E-state index contributed by atoms with van der Waals surface area (Å²) in [6, 6.07) is 28.6. The number of nitrogens with zero attached hydrogens (tertiary/aromatic N) is 2. The van der Waals surface area contributed by atoms with E-state index in [-0.39, 0.29) is 34.0 Å². The summed E-state index contributed by atoms with van der Waals surface area (Å²) in [5.41, 5.74) is 6.20. The fourth-order valence-electron chi connectivity index (χ4n) is 3.03. The van der Waals surface area contributed by atoms with Gasteiger partial charge in [0.1, 0.15) is 0 Å². The van der Waals surface area contributed by atoms with E-state index < -0.39 is 0 Å². The minimum atomic E-state index is 0. The van der Waals surface area contributed by atoms with E-state index in [9.17, 15) is 0 Å². The lowest BCUT2D eigenvalue weighted by Crippen LogP contribution is -1.89. The van der Waals surface area contributed by atoms with Crippen LogP contribution < -0.4 is 10.6 Å². The van der Waals surface area contributed by atoms with E-state index in [4.69, 9.17) is 9.97 Å². The number of halogens is 2. The van der Waals surface area contributed by atoms with Crippen LogP contribution >= 0.6 is 56.6 Å². The second-order valence-electron chi connectivity index (χ2n) is 6.64. The number of thiazole rings is 2. The van der Waals surface area contributed by atoms with Gasteiger partial charge in [0.05, 0.1) is 11.4 Å². The van der Waals surface area contributed by atoms with Crippen molar-refractivity contribution in [2.75, 3.05) is 10.6 Å². The molecule has 162 valence electrons. The van der Waals surface area contributed by atoms with Gasteiger partial charge < -0.3 is 10.6 Å². The Labute approximate surface area is 216 Å². The number of para-hydroxylation sites is 2. The standard InChI is InChI=1S/C24H18N4S2.2BrH/c1-3-7-19(8-4-1)25-23-27-21(15-29-23)17-11-13-18(14-12-17)22-16-30-24(28-22)26-20-9-5-2-6-10-20;;/h1-16H,(H,25,27)(H,26,28);2*1H. The first kappa shape index (κ1) is 24.1. The molecule has 2 N–H and O–H groups in total. The number of aromatic nitrogens is 2. The van der Waals surface area contributed by atoms with E-state index in [0.29, 0.717) is 0 Å². The topological polar surface area (TPSA) is 49.8 Å². The molecule has 0 aliphatic heterocycles. The third-order valence-corrected chi connectivity index (χ3v) is 6.05. The van der Waals surface area contributed by atoms with E-state index in [1.165, 1.54) is 0 Å². The van der Waals surface area contributed by atoms with Gasteiger partial charge in [-0.05, 0) is 24.3 Å². The van der Waals surface area contributed by atoms with Gasteiger partial charge in [-0.3, -0.25) is 0 Å². The summed E-state index contributed by atoms with van der Waals surface area (Å²) >= 11 is 3.21. The first-order valence-electron chi connectivity index (χ1n) is 9.49. The number of rotatable bonds is 6. The Balaban J connectivity index is 0.00000144. The average molecular weight is 588 g/mol. The van der Waals surface area contributed by atoms with E-state index in [2.05, 4.69) is 45.7 Å². The van der Waals surface area contributed by atoms with Gasteiger partial charge in [-0.1, -0.05) is 60.7 Å². The third kappa shape index (κ3) is 5.83. The van der Waals surface area contributed by atoms with E-state index in [0.717, 1.165) is 44.2 Å². The normalized spacial score (nSPS) is 10.0. The molecule has 0 spiro atoms. The fourth-order valence-corrected chi connectivity index (χ4v) is 4.51. The van der Waals surface area contributed by atoms with Gasteiger partial charge >= 0.3 is 0 Å². The zero-order chi connectivity index (χ0) is 20.2. The zero-order valence-electron chi connectivity index (χ0n) is 16.8. The van der Waals surface area contributed by atoms with Crippen molar-refractivity contribution in [1.29, 1.82) is 0 Å². The fraction of sp³-hybridized carbons (Fsp3) is 0. The van der Waals surface area contributed by atoms with Gasteiger partial charge in [-0.15, -0.1) is 56.6 Å². The highest BCUT2D eigenvalue weighted by atomic mass is 79.9. The van der Waals surface area contributed by atoms with Gasteiger partial charge in [0.15, 0.2) is 10.3 Å². The molecule has 0 aliphatic carbocycles. The van der Waals surface area contributed by atoms with Crippen molar-refractivity contribution in [3.05, 3.63) is 95.7 Å². The van der Waals surface area contributed by atoms with Crippen molar-refractivity contribution < 1.29 is 0 Å². The summed E-state index contributed by atoms with van der Waals surface area (Å²) < 4.78 is 0. The van der Waals surface area contributed by atoms with Crippen LogP contribution in [0.15, 0.2) is 95.7 Å². The number of nitrogens with one attached hydrogen (secondary N) is 2. The Hall–Kier alpha value is -2.52. The van der Waals surface area contributed by atoms with Crippen LogP contribution in [0.5, 0.6) is 0 Å². The first-order valence-corrected chi connectivity index (χ1v) is 11.3. The number of anilines is 4. The van der Waals surface area contributed by atoms with E-state index in [1.807, 2.05) is 60.7 Å². The first-order chi connectivity index (χ1) is 14.8. The minimum absolute atomic E-state index is 0. The Morgan fingerprint density at radius 1 is 0.500 bits per heavy atom. The van der Waals surface area contributed by atoms with Crippen molar-refractivity contribution in [3.63, 3.8) is 0 Å². The molecule has 5 aromatic rings. The molecule has 0 saturated heterocycles. The molecule has 0 saturated carbocycles. The van der Waals surface area contributed by atoms with E-state index >= 15 is 0 Å². The number of hydrogen-bond donors (Lipinski definition) is 2. The molecule has 5 rings (SSSR count). The van der Waals surface area contributed by atoms with Gasteiger partial charge in [-0.25, -0.2) is 9.97 Å². The number of hydrogen-bond acceptors (Lipinski definition) is 6. The molecule has 8 heteroatoms. The molecular formula is C24H20Br2N4S2. The molecule has 0 radical (unpaired) electrons. The molecule has 2 heterocycles. The van der Waals surface area contributed by atoms with Crippen molar-refractivity contribution in [1.82, 2.24) is 9.97 Å². The Kier molecular flexibility index (Phi) is 8.58. The van der Waals surface area contributed by atoms with Gasteiger partial charge in [0.2, 0.25) is 0 Å². The minimum Gasteiger partial charge on any atom is -0.332 e. The van der Waals surface area contributed by atoms with Crippen LogP contribution in [0, 0.1) is 0 Å². The van der Waals surface area contributed by atoms with Crippen LogP contribution in [0.2, 0.25) is 0 Å². The zero-order valence-corrected chi connectivity index (χ0v) is 21.8. The van der Waals surface area contributed by atoms with Gasteiger partial charge in [-0.2, -0.15) is 0 Å². The highest BCUT2D eigenvalue weighted by molar-refractivity contribution is 8.93. The van der Waals surface area contributed by atoms with Crippen LogP contribution in [0.4, 0.5) is 21.6 Å². The molecule has 0 bridgehead atoms. The van der Waals surface area contributed by atoms with Crippen LogP contribution in [-0.4, -0.2) is 9.97 Å². The monoisotopic (exact) mass is 586 g/mol. The molecule has 0 unspecified atom stereocenters. The Morgan fingerprint density at radius 3 is 1.25 bits per heavy atom. The Bertz CT molecular complexity index is 1140. The SMILES string of the molecule is Br.Br.c1ccc(Nc2nc(-c3ccc(-c4csc(Nc5ccccc5)n4)cc3)cs2)cc1. The van der Waals surface area contributed by atoms with Gasteiger partial charge in [0.25, 0.3) is 0 Å². The summed E-state index contributed by atoms with van der Waals surface area (Å²) in [6.07, 6.45) is 0. The summed E-state index contributed by atoms with van der Waals surface area (Å²) in [5, 5.41) is 12.6. The second-order valence-corrected chi connectivity index (χ2v) is 8.35. The Morgan fingerprint density at radius 2 is 0.875 bits per heavy atom. The highest BCUT2D eigenvalue weighted by Gasteiger charge is 2.08. The van der Waals surface area contributed by atoms with Crippen molar-refractivity contribution in [2.24, 2.45) is 0 Å². The molecule has 4 nitrogen and oxygen atoms in total. The maximum absolute atomic E-state index is 4.71. The summed E-state index contributed by atoms with van der Waals surface area (Å²) in [5.74, 6) is 0. The largest absolute Gasteiger partial charge is 0.332 e. The van der Waals surface area contributed by atoms with Crippen LogP contribution in [0.1, 0.15) is 0 Å². The molecule has 0 fully saturated rings. The maximum atomic E-state index is 4.71. The van der Waals surface area contributed by atoms with Crippen LogP contribution in [0.25, 0.3) is 22.5 Å². The van der Waals surface area contributed by atoms with Crippen LogP contribution in [-0.2, 0) is 0 Å². The molecule has 32 heavy (non-hydrogen) atoms. The molecule has 0 aliphatic rings. The van der Waals surface area contributed by atoms with Crippen molar-refractivity contribution in [3.8, 4) is 22.5 Å². The van der Waals surface area contributed by atoms with E-state index in [1.54, 1.807) is 22.7 Å². The van der Waals surface area contributed by atoms with Crippen molar-refractivity contribution in [2.45, 2.75) is 0 Å². The highest BCUT2D eigenvalue weighted by Crippen LogP contribution is 2.31. The quantitative estimate of drug-likeness (QED) is 0.209. The van der Waals surface area contributed by atoms with Crippen molar-refractivity contribution >= 4 is 78.3 Å². The second kappa shape index (κ2) is 11.4. The molecular weight excluding hydrogens is 568 g/mol. The van der Waals surface area contributed by atoms with Crippen LogP contribution in [0.3, 0.4) is 0 Å². The predicted molar refractivity (Wildman–Crippen MR) is 149 cm³/mol. The maximum Gasteiger partial charge on any atom is 0.187 e. The predicted octanol–water partition coefficient (Wildman–Crippen LogP) is 8.58. The lowest BCUT2D eigenvalue weighted by atomic mass is 10.1.